The van der Waals surface area contributed by atoms with E-state index in [-0.39, 0.29) is 11.5 Å². The van der Waals surface area contributed by atoms with Gasteiger partial charge in [0.15, 0.2) is 17.5 Å². The molecule has 0 unspecified atom stereocenters. The molecule has 0 saturated heterocycles. The van der Waals surface area contributed by atoms with Gasteiger partial charge in [-0.15, -0.1) is 0 Å². The van der Waals surface area contributed by atoms with Gasteiger partial charge < -0.3 is 20.1 Å². The van der Waals surface area contributed by atoms with Gasteiger partial charge >= 0.3 is 0 Å². The molecule has 3 aromatic rings. The Morgan fingerprint density at radius 2 is 1.46 bits per heavy atom. The molecule has 9 heteroatoms. The molecule has 0 bridgehead atoms. The van der Waals surface area contributed by atoms with E-state index in [4.69, 9.17) is 9.47 Å². The molecule has 28 heavy (non-hydrogen) atoms. The van der Waals surface area contributed by atoms with Crippen LogP contribution in [0.15, 0.2) is 36.4 Å². The minimum absolute atomic E-state index is 0.196. The Morgan fingerprint density at radius 1 is 0.786 bits per heavy atom. The SMILES string of the molecule is COc1ccc(OC)c(Nc2cc(Nc3ccc(F)c(F)c3F)nc(C)n2)c1. The number of benzene rings is 2. The van der Waals surface area contributed by atoms with Gasteiger partial charge in [0.25, 0.3) is 0 Å². The summed E-state index contributed by atoms with van der Waals surface area (Å²) in [6.07, 6.45) is 0. The summed E-state index contributed by atoms with van der Waals surface area (Å²) in [4.78, 5) is 8.41. The fourth-order valence-corrected chi connectivity index (χ4v) is 2.51. The lowest BCUT2D eigenvalue weighted by Gasteiger charge is -2.14. The van der Waals surface area contributed by atoms with E-state index in [1.165, 1.54) is 13.2 Å². The van der Waals surface area contributed by atoms with Gasteiger partial charge in [0.2, 0.25) is 0 Å². The van der Waals surface area contributed by atoms with Crippen molar-refractivity contribution in [1.29, 1.82) is 0 Å². The smallest absolute Gasteiger partial charge is 0.196 e. The minimum Gasteiger partial charge on any atom is -0.497 e. The number of ether oxygens (including phenoxy) is 2. The van der Waals surface area contributed by atoms with Crippen LogP contribution in [0.3, 0.4) is 0 Å². The zero-order chi connectivity index (χ0) is 20.3. The summed E-state index contributed by atoms with van der Waals surface area (Å²) in [6.45, 7) is 1.64. The highest BCUT2D eigenvalue weighted by Gasteiger charge is 2.15. The van der Waals surface area contributed by atoms with Crippen molar-refractivity contribution in [2.24, 2.45) is 0 Å². The third kappa shape index (κ3) is 4.08. The summed E-state index contributed by atoms with van der Waals surface area (Å²) >= 11 is 0. The maximum Gasteiger partial charge on any atom is 0.196 e. The highest BCUT2D eigenvalue weighted by atomic mass is 19.2. The lowest BCUT2D eigenvalue weighted by Crippen LogP contribution is -2.04. The second-order valence-corrected chi connectivity index (χ2v) is 5.72. The van der Waals surface area contributed by atoms with E-state index < -0.39 is 17.5 Å². The zero-order valence-electron chi connectivity index (χ0n) is 15.3. The normalized spacial score (nSPS) is 10.5. The number of hydrogen-bond donors (Lipinski definition) is 2. The first-order valence-electron chi connectivity index (χ1n) is 8.16. The first-order chi connectivity index (χ1) is 13.4. The fraction of sp³-hybridized carbons (Fsp3) is 0.158. The second kappa shape index (κ2) is 8.03. The molecule has 0 aliphatic rings. The van der Waals surface area contributed by atoms with E-state index in [9.17, 15) is 13.2 Å². The lowest BCUT2D eigenvalue weighted by molar-refractivity contribution is 0.405. The van der Waals surface area contributed by atoms with Crippen molar-refractivity contribution >= 4 is 23.0 Å². The molecule has 0 atom stereocenters. The van der Waals surface area contributed by atoms with Crippen molar-refractivity contribution in [2.45, 2.75) is 6.92 Å². The van der Waals surface area contributed by atoms with E-state index in [0.29, 0.717) is 28.8 Å². The summed E-state index contributed by atoms with van der Waals surface area (Å²) in [5.74, 6) is -2.05. The Morgan fingerprint density at radius 3 is 2.11 bits per heavy atom. The summed E-state index contributed by atoms with van der Waals surface area (Å²) in [6, 6.07) is 8.60. The number of aromatic nitrogens is 2. The topological polar surface area (TPSA) is 68.3 Å². The highest BCUT2D eigenvalue weighted by molar-refractivity contribution is 5.68. The molecule has 0 saturated carbocycles. The third-order valence-electron chi connectivity index (χ3n) is 3.81. The van der Waals surface area contributed by atoms with Gasteiger partial charge in [-0.3, -0.25) is 0 Å². The predicted molar refractivity (Wildman–Crippen MR) is 99.2 cm³/mol. The summed E-state index contributed by atoms with van der Waals surface area (Å²) in [5, 5.41) is 5.71. The number of halogens is 3. The standard InChI is InChI=1S/C19H17F3N4O2/c1-10-23-16(25-13-6-5-12(20)18(21)19(13)22)9-17(24-10)26-14-8-11(27-2)4-7-15(14)28-3/h4-9H,1-3H3,(H2,23,24,25,26). The molecule has 0 amide bonds. The molecule has 6 nitrogen and oxygen atoms in total. The van der Waals surface area contributed by atoms with E-state index in [1.54, 1.807) is 32.2 Å². The average Bonchev–Trinajstić information content (AvgIpc) is 2.68. The van der Waals surface area contributed by atoms with Gasteiger partial charge in [0.05, 0.1) is 25.6 Å². The van der Waals surface area contributed by atoms with Gasteiger partial charge in [0.1, 0.15) is 29.0 Å². The number of rotatable bonds is 6. The van der Waals surface area contributed by atoms with Crippen LogP contribution in [0.25, 0.3) is 0 Å². The molecular weight excluding hydrogens is 373 g/mol. The van der Waals surface area contributed by atoms with Crippen LogP contribution < -0.4 is 20.1 Å². The number of methoxy groups -OCH3 is 2. The average molecular weight is 390 g/mol. The molecule has 0 radical (unpaired) electrons. The van der Waals surface area contributed by atoms with Crippen molar-refractivity contribution in [2.75, 3.05) is 24.9 Å². The van der Waals surface area contributed by atoms with Gasteiger partial charge in [0, 0.05) is 12.1 Å². The Bertz CT molecular complexity index is 1010. The number of aryl methyl sites for hydroxylation is 1. The summed E-state index contributed by atoms with van der Waals surface area (Å²) in [5.41, 5.74) is 0.340. The first-order valence-corrected chi connectivity index (χ1v) is 8.16. The van der Waals surface area contributed by atoms with Crippen molar-refractivity contribution in [3.8, 4) is 11.5 Å². The van der Waals surface area contributed by atoms with Crippen molar-refractivity contribution in [3.05, 3.63) is 59.7 Å². The van der Waals surface area contributed by atoms with Crippen molar-refractivity contribution in [3.63, 3.8) is 0 Å². The quantitative estimate of drug-likeness (QED) is 0.595. The molecule has 2 N–H and O–H groups in total. The second-order valence-electron chi connectivity index (χ2n) is 5.72. The maximum absolute atomic E-state index is 13.9. The van der Waals surface area contributed by atoms with Gasteiger partial charge in [-0.05, 0) is 31.2 Å². The van der Waals surface area contributed by atoms with Crippen LogP contribution in [0, 0.1) is 24.4 Å². The number of nitrogens with zero attached hydrogens (tertiary/aromatic N) is 2. The molecular formula is C19H17F3N4O2. The van der Waals surface area contributed by atoms with Crippen LogP contribution in [-0.2, 0) is 0 Å². The molecule has 0 aliphatic heterocycles. The van der Waals surface area contributed by atoms with E-state index in [1.807, 2.05) is 0 Å². The Kier molecular flexibility index (Phi) is 5.53. The van der Waals surface area contributed by atoms with Crippen LogP contribution in [0.2, 0.25) is 0 Å². The Labute approximate surface area is 159 Å². The van der Waals surface area contributed by atoms with E-state index >= 15 is 0 Å². The Balaban J connectivity index is 1.92. The van der Waals surface area contributed by atoms with Gasteiger partial charge in [-0.1, -0.05) is 0 Å². The van der Waals surface area contributed by atoms with Crippen LogP contribution >= 0.6 is 0 Å². The highest BCUT2D eigenvalue weighted by Crippen LogP contribution is 2.32. The number of hydrogen-bond acceptors (Lipinski definition) is 6. The number of nitrogens with one attached hydrogen (secondary N) is 2. The van der Waals surface area contributed by atoms with Crippen LogP contribution in [0.4, 0.5) is 36.2 Å². The van der Waals surface area contributed by atoms with Gasteiger partial charge in [-0.2, -0.15) is 0 Å². The minimum atomic E-state index is -1.56. The maximum atomic E-state index is 13.9. The molecule has 0 aliphatic carbocycles. The molecule has 3 rings (SSSR count). The largest absolute Gasteiger partial charge is 0.497 e. The molecule has 0 fully saturated rings. The van der Waals surface area contributed by atoms with Crippen molar-refractivity contribution in [1.82, 2.24) is 9.97 Å². The van der Waals surface area contributed by atoms with Gasteiger partial charge in [-0.25, -0.2) is 23.1 Å². The van der Waals surface area contributed by atoms with Crippen LogP contribution in [0.5, 0.6) is 11.5 Å². The van der Waals surface area contributed by atoms with Crippen LogP contribution in [0.1, 0.15) is 5.82 Å². The number of anilines is 4. The zero-order valence-corrected chi connectivity index (χ0v) is 15.3. The van der Waals surface area contributed by atoms with Crippen molar-refractivity contribution < 1.29 is 22.6 Å². The summed E-state index contributed by atoms with van der Waals surface area (Å²) in [7, 11) is 3.07. The third-order valence-corrected chi connectivity index (χ3v) is 3.81. The first kappa shape index (κ1) is 19.3. The van der Waals surface area contributed by atoms with Crippen LogP contribution in [-0.4, -0.2) is 24.2 Å². The predicted octanol–water partition coefficient (Wildman–Crippen LogP) is 4.71. The Hall–Kier alpha value is -3.49. The molecule has 1 heterocycles. The molecule has 146 valence electrons. The molecule has 1 aromatic heterocycles. The summed E-state index contributed by atoms with van der Waals surface area (Å²) < 4.78 is 51.0. The lowest BCUT2D eigenvalue weighted by atomic mass is 10.2. The van der Waals surface area contributed by atoms with E-state index in [2.05, 4.69) is 20.6 Å². The molecule has 0 spiro atoms. The fourth-order valence-electron chi connectivity index (χ4n) is 2.51. The monoisotopic (exact) mass is 390 g/mol. The molecule has 2 aromatic carbocycles. The van der Waals surface area contributed by atoms with E-state index in [0.717, 1.165) is 12.1 Å².